The van der Waals surface area contributed by atoms with Crippen molar-refractivity contribution in [2.45, 2.75) is 232 Å². The quantitative estimate of drug-likeness (QED) is 0.0353. The monoisotopic (exact) mass is 757 g/mol. The van der Waals surface area contributed by atoms with Crippen molar-refractivity contribution in [2.24, 2.45) is 0 Å². The first-order chi connectivity index (χ1) is 26.6. The Hall–Kier alpha value is -2.14. The number of unbranched alkanes of at least 4 members (excludes halogenated alkanes) is 23. The van der Waals surface area contributed by atoms with E-state index in [4.69, 9.17) is 14.2 Å². The molecule has 0 spiro atoms. The molecule has 0 aromatic carbocycles. The molecule has 5 nitrogen and oxygen atoms in total. The van der Waals surface area contributed by atoms with Gasteiger partial charge in [-0.1, -0.05) is 185 Å². The molecule has 1 unspecified atom stereocenters. The number of carbonyl (C=O) groups is 2. The fraction of sp³-hybridized carbons (Fsp3) is 0.796. The summed E-state index contributed by atoms with van der Waals surface area (Å²) in [5.41, 5.74) is 0. The van der Waals surface area contributed by atoms with Gasteiger partial charge in [-0.2, -0.15) is 0 Å². The highest BCUT2D eigenvalue weighted by Crippen LogP contribution is 2.13. The number of esters is 2. The van der Waals surface area contributed by atoms with E-state index in [1.165, 1.54) is 128 Å². The maximum atomic E-state index is 12.6. The summed E-state index contributed by atoms with van der Waals surface area (Å²) in [5.74, 6) is -0.418. The van der Waals surface area contributed by atoms with Crippen LogP contribution < -0.4 is 0 Å². The van der Waals surface area contributed by atoms with Crippen LogP contribution in [0.4, 0.5) is 0 Å². The molecule has 0 aromatic rings. The van der Waals surface area contributed by atoms with Gasteiger partial charge < -0.3 is 14.2 Å². The molecule has 54 heavy (non-hydrogen) atoms. The number of carbonyl (C=O) groups excluding carboxylic acids is 2. The van der Waals surface area contributed by atoms with Gasteiger partial charge in [-0.3, -0.25) is 9.59 Å². The summed E-state index contributed by atoms with van der Waals surface area (Å²) in [7, 11) is 0. The topological polar surface area (TPSA) is 61.8 Å². The molecule has 0 aliphatic carbocycles. The minimum atomic E-state index is -0.538. The zero-order chi connectivity index (χ0) is 39.3. The van der Waals surface area contributed by atoms with Crippen molar-refractivity contribution in [3.63, 3.8) is 0 Å². The largest absolute Gasteiger partial charge is 0.462 e. The van der Waals surface area contributed by atoms with Crippen molar-refractivity contribution in [1.29, 1.82) is 0 Å². The van der Waals surface area contributed by atoms with Crippen molar-refractivity contribution in [3.8, 4) is 0 Å². The SMILES string of the molecule is CCCC/C=C\CCCCCCCCOCC(COC(=O)CCCCCCCC/C=C\C/C=C\C/C=C\CCCCC)OC(=O)CCCCCCCCC. The van der Waals surface area contributed by atoms with Gasteiger partial charge in [0.2, 0.25) is 0 Å². The standard InChI is InChI=1S/C49H88O5/c1-4-7-10-13-16-18-20-22-23-24-25-26-27-28-29-31-34-36-39-42-48(50)53-46-47(54-49(51)43-40-37-33-15-12-9-6-3)45-52-44-41-38-35-32-30-21-19-17-14-11-8-5-2/h14,16-18,22-23,25-26,47H,4-13,15,19-21,24,27-46H2,1-3H3/b17-14-,18-16-,23-22-,26-25-. The van der Waals surface area contributed by atoms with Crippen LogP contribution in [0.15, 0.2) is 48.6 Å². The van der Waals surface area contributed by atoms with Crippen molar-refractivity contribution in [2.75, 3.05) is 19.8 Å². The van der Waals surface area contributed by atoms with Crippen LogP contribution in [0.2, 0.25) is 0 Å². The number of allylic oxidation sites excluding steroid dienone is 8. The van der Waals surface area contributed by atoms with Gasteiger partial charge >= 0.3 is 11.9 Å². The molecule has 0 radical (unpaired) electrons. The second kappa shape index (κ2) is 45.3. The van der Waals surface area contributed by atoms with Gasteiger partial charge in [-0.15, -0.1) is 0 Å². The summed E-state index contributed by atoms with van der Waals surface area (Å²) in [6.07, 6.45) is 54.0. The minimum Gasteiger partial charge on any atom is -0.462 e. The van der Waals surface area contributed by atoms with E-state index < -0.39 is 6.10 Å². The molecule has 0 saturated carbocycles. The molecule has 314 valence electrons. The van der Waals surface area contributed by atoms with Crippen molar-refractivity contribution in [3.05, 3.63) is 48.6 Å². The van der Waals surface area contributed by atoms with Crippen molar-refractivity contribution < 1.29 is 23.8 Å². The van der Waals surface area contributed by atoms with E-state index in [9.17, 15) is 9.59 Å². The zero-order valence-electron chi connectivity index (χ0n) is 36.0. The van der Waals surface area contributed by atoms with Crippen LogP contribution in [0, 0.1) is 0 Å². The molecule has 0 N–H and O–H groups in total. The first-order valence-corrected chi connectivity index (χ1v) is 23.2. The smallest absolute Gasteiger partial charge is 0.306 e. The lowest BCUT2D eigenvalue weighted by molar-refractivity contribution is -0.163. The van der Waals surface area contributed by atoms with Crippen molar-refractivity contribution >= 4 is 11.9 Å². The average molecular weight is 757 g/mol. The maximum Gasteiger partial charge on any atom is 0.306 e. The lowest BCUT2D eigenvalue weighted by Gasteiger charge is -2.18. The van der Waals surface area contributed by atoms with E-state index >= 15 is 0 Å². The first kappa shape index (κ1) is 51.9. The second-order valence-corrected chi connectivity index (χ2v) is 15.3. The summed E-state index contributed by atoms with van der Waals surface area (Å²) in [6.45, 7) is 7.71. The fourth-order valence-electron chi connectivity index (χ4n) is 6.32. The Morgan fingerprint density at radius 3 is 1.35 bits per heavy atom. The lowest BCUT2D eigenvalue weighted by Crippen LogP contribution is -2.30. The van der Waals surface area contributed by atoms with E-state index in [0.717, 1.165) is 64.2 Å². The summed E-state index contributed by atoms with van der Waals surface area (Å²) in [5, 5.41) is 0. The molecule has 0 aliphatic heterocycles. The normalized spacial score (nSPS) is 12.6. The molecule has 0 heterocycles. The third-order valence-electron chi connectivity index (χ3n) is 9.84. The third kappa shape index (κ3) is 42.6. The van der Waals surface area contributed by atoms with Crippen LogP contribution in [0.25, 0.3) is 0 Å². The van der Waals surface area contributed by atoms with Crippen LogP contribution in [0.3, 0.4) is 0 Å². The Labute approximate surface area is 335 Å². The Balaban J connectivity index is 4.14. The average Bonchev–Trinajstić information content (AvgIpc) is 3.17. The van der Waals surface area contributed by atoms with Gasteiger partial charge in [0.15, 0.2) is 6.10 Å². The summed E-state index contributed by atoms with van der Waals surface area (Å²) < 4.78 is 17.2. The van der Waals surface area contributed by atoms with Gasteiger partial charge in [0, 0.05) is 19.4 Å². The first-order valence-electron chi connectivity index (χ1n) is 23.2. The predicted molar refractivity (Wildman–Crippen MR) is 233 cm³/mol. The molecular weight excluding hydrogens is 669 g/mol. The lowest BCUT2D eigenvalue weighted by atomic mass is 10.1. The number of ether oxygens (including phenoxy) is 3. The van der Waals surface area contributed by atoms with E-state index in [-0.39, 0.29) is 25.2 Å². The van der Waals surface area contributed by atoms with Crippen LogP contribution in [-0.4, -0.2) is 37.9 Å². The van der Waals surface area contributed by atoms with Crippen LogP contribution in [0.1, 0.15) is 226 Å². The molecule has 5 heteroatoms. The van der Waals surface area contributed by atoms with Gasteiger partial charge in [0.25, 0.3) is 0 Å². The molecule has 1 atom stereocenters. The highest BCUT2D eigenvalue weighted by atomic mass is 16.6. The minimum absolute atomic E-state index is 0.0773. The third-order valence-corrected chi connectivity index (χ3v) is 9.84. The Morgan fingerprint density at radius 2 is 0.796 bits per heavy atom. The number of rotatable bonds is 42. The molecule has 0 amide bonds. The molecule has 0 bridgehead atoms. The van der Waals surface area contributed by atoms with Crippen LogP contribution in [0.5, 0.6) is 0 Å². The second-order valence-electron chi connectivity index (χ2n) is 15.3. The molecule has 0 saturated heterocycles. The molecule has 0 aliphatic rings. The molecule has 0 fully saturated rings. The van der Waals surface area contributed by atoms with E-state index in [1.54, 1.807) is 0 Å². The van der Waals surface area contributed by atoms with Crippen LogP contribution >= 0.6 is 0 Å². The van der Waals surface area contributed by atoms with Gasteiger partial charge in [-0.05, 0) is 77.0 Å². The Bertz CT molecular complexity index is 904. The summed E-state index contributed by atoms with van der Waals surface area (Å²) >= 11 is 0. The molecule has 0 aromatic heterocycles. The van der Waals surface area contributed by atoms with Gasteiger partial charge in [0.05, 0.1) is 6.61 Å². The van der Waals surface area contributed by atoms with Crippen LogP contribution in [-0.2, 0) is 23.8 Å². The summed E-state index contributed by atoms with van der Waals surface area (Å²) in [6, 6.07) is 0. The summed E-state index contributed by atoms with van der Waals surface area (Å²) in [4.78, 5) is 25.1. The van der Waals surface area contributed by atoms with E-state index in [0.29, 0.717) is 19.4 Å². The van der Waals surface area contributed by atoms with E-state index in [2.05, 4.69) is 69.4 Å². The fourth-order valence-corrected chi connectivity index (χ4v) is 6.32. The van der Waals surface area contributed by atoms with Gasteiger partial charge in [0.1, 0.15) is 6.61 Å². The molecule has 0 rings (SSSR count). The number of hydrogen-bond donors (Lipinski definition) is 0. The van der Waals surface area contributed by atoms with E-state index in [1.807, 2.05) is 0 Å². The maximum absolute atomic E-state index is 12.6. The zero-order valence-corrected chi connectivity index (χ0v) is 36.0. The number of hydrogen-bond acceptors (Lipinski definition) is 5. The Morgan fingerprint density at radius 1 is 0.407 bits per heavy atom. The van der Waals surface area contributed by atoms with Crippen molar-refractivity contribution in [1.82, 2.24) is 0 Å². The predicted octanol–water partition coefficient (Wildman–Crippen LogP) is 15.2. The van der Waals surface area contributed by atoms with Gasteiger partial charge in [-0.25, -0.2) is 0 Å². The molecular formula is C49H88O5. The Kier molecular flexibility index (Phi) is 43.5. The highest BCUT2D eigenvalue weighted by molar-refractivity contribution is 5.70. The highest BCUT2D eigenvalue weighted by Gasteiger charge is 2.17.